The zero-order valence-electron chi connectivity index (χ0n) is 18.2. The molecule has 0 atom stereocenters. The number of amides is 1. The van der Waals surface area contributed by atoms with Gasteiger partial charge in [-0.05, 0) is 25.3 Å². The summed E-state index contributed by atoms with van der Waals surface area (Å²) in [7, 11) is 0. The van der Waals surface area contributed by atoms with Gasteiger partial charge in [0, 0.05) is 44.8 Å². The summed E-state index contributed by atoms with van der Waals surface area (Å²) in [6.07, 6.45) is 3.18. The van der Waals surface area contributed by atoms with Gasteiger partial charge in [0.05, 0.1) is 13.0 Å². The highest BCUT2D eigenvalue weighted by atomic mass is 16.5. The normalized spacial score (nSPS) is 17.9. The third-order valence-electron chi connectivity index (χ3n) is 5.55. The molecule has 0 unspecified atom stereocenters. The molecule has 2 N–H and O–H groups in total. The average molecular weight is 405 g/mol. The monoisotopic (exact) mass is 404 g/mol. The summed E-state index contributed by atoms with van der Waals surface area (Å²) >= 11 is 0. The van der Waals surface area contributed by atoms with Crippen LogP contribution in [0.2, 0.25) is 0 Å². The smallest absolute Gasteiger partial charge is 0.320 e. The zero-order valence-corrected chi connectivity index (χ0v) is 18.2. The Labute approximate surface area is 174 Å². The lowest BCUT2D eigenvalue weighted by Gasteiger charge is -2.35. The van der Waals surface area contributed by atoms with Crippen LogP contribution in [0.4, 0.5) is 11.6 Å². The van der Waals surface area contributed by atoms with Gasteiger partial charge < -0.3 is 20.3 Å². The van der Waals surface area contributed by atoms with Gasteiger partial charge in [0.1, 0.15) is 11.6 Å². The van der Waals surface area contributed by atoms with Crippen molar-refractivity contribution in [3.63, 3.8) is 0 Å². The molecule has 162 valence electrons. The van der Waals surface area contributed by atoms with E-state index in [1.165, 1.54) is 6.54 Å². The van der Waals surface area contributed by atoms with Crippen molar-refractivity contribution in [3.05, 3.63) is 5.56 Å². The molecule has 0 radical (unpaired) electrons. The molecule has 1 aromatic heterocycles. The van der Waals surface area contributed by atoms with E-state index in [0.717, 1.165) is 57.5 Å². The Morgan fingerprint density at radius 2 is 1.79 bits per heavy atom. The van der Waals surface area contributed by atoms with Crippen LogP contribution in [0.5, 0.6) is 6.01 Å². The van der Waals surface area contributed by atoms with Crippen molar-refractivity contribution in [2.24, 2.45) is 5.92 Å². The summed E-state index contributed by atoms with van der Waals surface area (Å²) in [6, 6.07) is 0.274. The fourth-order valence-electron chi connectivity index (χ4n) is 3.99. The Morgan fingerprint density at radius 3 is 2.48 bits per heavy atom. The van der Waals surface area contributed by atoms with E-state index < -0.39 is 0 Å². The molecule has 1 amide bonds. The van der Waals surface area contributed by atoms with Gasteiger partial charge in [0.15, 0.2) is 0 Å². The van der Waals surface area contributed by atoms with E-state index in [-0.39, 0.29) is 18.3 Å². The van der Waals surface area contributed by atoms with E-state index in [0.29, 0.717) is 30.7 Å². The molecule has 0 saturated carbocycles. The highest BCUT2D eigenvalue weighted by Crippen LogP contribution is 2.32. The highest BCUT2D eigenvalue weighted by Gasteiger charge is 2.32. The van der Waals surface area contributed by atoms with E-state index in [9.17, 15) is 4.79 Å². The summed E-state index contributed by atoms with van der Waals surface area (Å²) in [5, 5.41) is 0. The fraction of sp³-hybridized carbons (Fsp3) is 0.762. The molecule has 8 nitrogen and oxygen atoms in total. The van der Waals surface area contributed by atoms with Gasteiger partial charge in [-0.15, -0.1) is 0 Å². The quantitative estimate of drug-likeness (QED) is 0.595. The molecule has 29 heavy (non-hydrogen) atoms. The van der Waals surface area contributed by atoms with E-state index in [2.05, 4.69) is 40.5 Å². The Morgan fingerprint density at radius 1 is 1.07 bits per heavy atom. The largest absolute Gasteiger partial charge is 0.463 e. The maximum Gasteiger partial charge on any atom is 0.320 e. The van der Waals surface area contributed by atoms with Crippen molar-refractivity contribution in [1.29, 1.82) is 0 Å². The van der Waals surface area contributed by atoms with Crippen LogP contribution in [-0.4, -0.2) is 78.1 Å². The molecule has 2 aliphatic rings. The number of nitrogens with two attached hydrogens (primary N) is 1. The number of ether oxygens (including phenoxy) is 1. The number of piperazine rings is 1. The molecule has 3 rings (SSSR count). The van der Waals surface area contributed by atoms with Crippen molar-refractivity contribution in [2.45, 2.75) is 46.5 Å². The molecule has 1 aromatic rings. The Bertz CT molecular complexity index is 688. The Balaban J connectivity index is 1.51. The number of nitrogens with zero attached hydrogens (tertiary/aromatic N) is 5. The van der Waals surface area contributed by atoms with Crippen LogP contribution in [0.25, 0.3) is 0 Å². The minimum absolute atomic E-state index is 0.0495. The summed E-state index contributed by atoms with van der Waals surface area (Å²) in [5.74, 6) is 1.76. The molecule has 1 saturated heterocycles. The van der Waals surface area contributed by atoms with Crippen molar-refractivity contribution in [1.82, 2.24) is 19.8 Å². The SMILES string of the molecule is CCCCOc1nc(N)c2c(n1)N(CCCN1CCN(CC(C)C)CC1)C(=O)C2. The number of unbranched alkanes of at least 4 members (excludes halogenated alkanes) is 1. The summed E-state index contributed by atoms with van der Waals surface area (Å²) in [4.78, 5) is 28.0. The van der Waals surface area contributed by atoms with Gasteiger partial charge in [0.2, 0.25) is 5.91 Å². The number of nitrogen functional groups attached to an aromatic ring is 1. The van der Waals surface area contributed by atoms with Crippen LogP contribution >= 0.6 is 0 Å². The molecule has 0 aromatic carbocycles. The van der Waals surface area contributed by atoms with E-state index in [1.807, 2.05) is 0 Å². The molecular formula is C21H36N6O2. The zero-order chi connectivity index (χ0) is 20.8. The number of aromatic nitrogens is 2. The molecule has 8 heteroatoms. The minimum Gasteiger partial charge on any atom is -0.463 e. The lowest BCUT2D eigenvalue weighted by molar-refractivity contribution is -0.117. The summed E-state index contributed by atoms with van der Waals surface area (Å²) in [5.41, 5.74) is 6.81. The number of hydrogen-bond acceptors (Lipinski definition) is 7. The third-order valence-corrected chi connectivity index (χ3v) is 5.55. The topological polar surface area (TPSA) is 87.8 Å². The van der Waals surface area contributed by atoms with Crippen molar-refractivity contribution in [3.8, 4) is 6.01 Å². The minimum atomic E-state index is 0.0495. The van der Waals surface area contributed by atoms with Gasteiger partial charge >= 0.3 is 6.01 Å². The van der Waals surface area contributed by atoms with Crippen LogP contribution in [0.15, 0.2) is 0 Å². The third kappa shape index (κ3) is 5.79. The first-order valence-corrected chi connectivity index (χ1v) is 11.0. The molecule has 0 spiro atoms. The molecular weight excluding hydrogens is 368 g/mol. The van der Waals surface area contributed by atoms with Crippen molar-refractivity contribution >= 4 is 17.5 Å². The molecule has 1 fully saturated rings. The maximum absolute atomic E-state index is 12.5. The average Bonchev–Trinajstić information content (AvgIpc) is 2.99. The lowest BCUT2D eigenvalue weighted by atomic mass is 10.2. The predicted molar refractivity (Wildman–Crippen MR) is 115 cm³/mol. The van der Waals surface area contributed by atoms with Crippen molar-refractivity contribution in [2.75, 3.05) is 63.1 Å². The second-order valence-corrected chi connectivity index (χ2v) is 8.51. The van der Waals surface area contributed by atoms with Gasteiger partial charge in [-0.2, -0.15) is 9.97 Å². The van der Waals surface area contributed by atoms with Crippen LogP contribution in [0.1, 0.15) is 45.6 Å². The number of fused-ring (bicyclic) bond motifs is 1. The first kappa shape index (κ1) is 21.8. The Hall–Kier alpha value is -1.93. The molecule has 2 aliphatic heterocycles. The van der Waals surface area contributed by atoms with Gasteiger partial charge in [0.25, 0.3) is 0 Å². The van der Waals surface area contributed by atoms with Gasteiger partial charge in [-0.1, -0.05) is 27.2 Å². The second-order valence-electron chi connectivity index (χ2n) is 8.51. The number of rotatable bonds is 10. The van der Waals surface area contributed by atoms with Crippen molar-refractivity contribution < 1.29 is 9.53 Å². The molecule has 0 aliphatic carbocycles. The number of carbonyl (C=O) groups excluding carboxylic acids is 1. The lowest BCUT2D eigenvalue weighted by Crippen LogP contribution is -2.47. The van der Waals surface area contributed by atoms with E-state index >= 15 is 0 Å². The predicted octanol–water partition coefficient (Wildman–Crippen LogP) is 1.79. The van der Waals surface area contributed by atoms with Crippen LogP contribution in [0, 0.1) is 5.92 Å². The number of hydrogen-bond donors (Lipinski definition) is 1. The molecule has 0 bridgehead atoms. The number of anilines is 2. The van der Waals surface area contributed by atoms with Gasteiger partial charge in [-0.3, -0.25) is 9.69 Å². The van der Waals surface area contributed by atoms with Crippen LogP contribution in [0.3, 0.4) is 0 Å². The van der Waals surface area contributed by atoms with Crippen LogP contribution in [-0.2, 0) is 11.2 Å². The van der Waals surface area contributed by atoms with Crippen LogP contribution < -0.4 is 15.4 Å². The summed E-state index contributed by atoms with van der Waals surface area (Å²) < 4.78 is 5.62. The van der Waals surface area contributed by atoms with E-state index in [4.69, 9.17) is 10.5 Å². The first-order chi connectivity index (χ1) is 14.0. The Kier molecular flexibility index (Phi) is 7.66. The highest BCUT2D eigenvalue weighted by molar-refractivity contribution is 6.01. The van der Waals surface area contributed by atoms with Gasteiger partial charge in [-0.25, -0.2) is 0 Å². The fourth-order valence-corrected chi connectivity index (χ4v) is 3.99. The standard InChI is InChI=1S/C21H36N6O2/c1-4-5-13-29-21-23-19(22)17-14-18(28)27(20(17)24-21)8-6-7-25-9-11-26(12-10-25)15-16(2)3/h16H,4-15H2,1-3H3,(H2,22,23,24). The second kappa shape index (κ2) is 10.2. The summed E-state index contributed by atoms with van der Waals surface area (Å²) in [6.45, 7) is 14.5. The maximum atomic E-state index is 12.5. The van der Waals surface area contributed by atoms with E-state index in [1.54, 1.807) is 4.90 Å². The molecule has 3 heterocycles. The first-order valence-electron chi connectivity index (χ1n) is 11.0. The number of carbonyl (C=O) groups is 1.